The second-order valence-electron chi connectivity index (χ2n) is 3.50. The van der Waals surface area contributed by atoms with Crippen LogP contribution in [-0.2, 0) is 12.8 Å². The molecule has 2 aromatic rings. The van der Waals surface area contributed by atoms with Gasteiger partial charge in [-0.15, -0.1) is 0 Å². The van der Waals surface area contributed by atoms with E-state index in [1.165, 1.54) is 0 Å². The van der Waals surface area contributed by atoms with E-state index in [1.807, 2.05) is 24.3 Å². The van der Waals surface area contributed by atoms with Crippen molar-refractivity contribution in [2.45, 2.75) is 19.8 Å². The smallest absolute Gasteiger partial charge is 0.198 e. The Morgan fingerprint density at radius 2 is 2.00 bits per heavy atom. The van der Waals surface area contributed by atoms with Crippen molar-refractivity contribution in [1.29, 1.82) is 0 Å². The fraction of sp³-hybridized carbons (Fsp3) is 0.250. The number of benzene rings is 1. The zero-order valence-electron chi connectivity index (χ0n) is 8.73. The first-order valence-corrected chi connectivity index (χ1v) is 5.05. The van der Waals surface area contributed by atoms with E-state index in [0.717, 1.165) is 35.7 Å². The molecule has 0 unspecified atom stereocenters. The Morgan fingerprint density at radius 1 is 1.27 bits per heavy atom. The van der Waals surface area contributed by atoms with Crippen LogP contribution in [0.5, 0.6) is 0 Å². The number of aromatic nitrogens is 1. The first-order valence-electron chi connectivity index (χ1n) is 5.05. The Morgan fingerprint density at radius 3 is 2.60 bits per heavy atom. The summed E-state index contributed by atoms with van der Waals surface area (Å²) in [7, 11) is 0. The maximum absolute atomic E-state index is 5.61. The minimum atomic E-state index is 0.722. The van der Waals surface area contributed by atoms with Gasteiger partial charge in [0.05, 0.1) is 5.69 Å². The summed E-state index contributed by atoms with van der Waals surface area (Å²) >= 11 is 0. The quantitative estimate of drug-likeness (QED) is 0.777. The van der Waals surface area contributed by atoms with Crippen LogP contribution in [-0.4, -0.2) is 4.98 Å². The van der Waals surface area contributed by atoms with Crippen molar-refractivity contribution in [2.24, 2.45) is 0 Å². The summed E-state index contributed by atoms with van der Waals surface area (Å²) in [6.45, 7) is 2.06. The summed E-state index contributed by atoms with van der Waals surface area (Å²) < 4.78 is 5.35. The second-order valence-corrected chi connectivity index (χ2v) is 3.50. The molecule has 15 heavy (non-hydrogen) atoms. The largest absolute Gasteiger partial charge is 0.448 e. The van der Waals surface area contributed by atoms with E-state index in [0.29, 0.717) is 0 Å². The Bertz CT molecular complexity index is 431. The molecule has 0 radical (unpaired) electrons. The molecule has 0 spiro atoms. The molecular weight excluding hydrogens is 188 g/mol. The van der Waals surface area contributed by atoms with Crippen LogP contribution < -0.4 is 5.73 Å². The lowest BCUT2D eigenvalue weighted by molar-refractivity contribution is 0.506. The fourth-order valence-corrected chi connectivity index (χ4v) is 1.40. The SMILES string of the molecule is CCc1coc(Cc2ccc(N)cc2)n1. The van der Waals surface area contributed by atoms with Crippen molar-refractivity contribution in [1.82, 2.24) is 4.98 Å². The predicted octanol–water partition coefficient (Wildman–Crippen LogP) is 2.41. The van der Waals surface area contributed by atoms with E-state index >= 15 is 0 Å². The van der Waals surface area contributed by atoms with E-state index in [4.69, 9.17) is 10.2 Å². The third kappa shape index (κ3) is 2.37. The van der Waals surface area contributed by atoms with Crippen molar-refractivity contribution in [3.05, 3.63) is 47.7 Å². The van der Waals surface area contributed by atoms with Crippen molar-refractivity contribution in [3.8, 4) is 0 Å². The number of anilines is 1. The Hall–Kier alpha value is -1.77. The lowest BCUT2D eigenvalue weighted by Crippen LogP contribution is -1.90. The molecule has 0 bridgehead atoms. The zero-order chi connectivity index (χ0) is 10.7. The molecule has 78 valence electrons. The Kier molecular flexibility index (Phi) is 2.72. The van der Waals surface area contributed by atoms with Crippen molar-refractivity contribution < 1.29 is 4.42 Å². The minimum absolute atomic E-state index is 0.722. The molecule has 1 aromatic carbocycles. The number of nitrogens with two attached hydrogens (primary N) is 1. The van der Waals surface area contributed by atoms with Gasteiger partial charge in [0.2, 0.25) is 0 Å². The monoisotopic (exact) mass is 202 g/mol. The molecule has 0 saturated carbocycles. The van der Waals surface area contributed by atoms with E-state index in [9.17, 15) is 0 Å². The first-order chi connectivity index (χ1) is 7.28. The van der Waals surface area contributed by atoms with Gasteiger partial charge in [0.1, 0.15) is 6.26 Å². The molecular formula is C12H14N2O. The molecule has 0 amide bonds. The van der Waals surface area contributed by atoms with Gasteiger partial charge < -0.3 is 10.2 Å². The van der Waals surface area contributed by atoms with Gasteiger partial charge in [0.15, 0.2) is 5.89 Å². The minimum Gasteiger partial charge on any atom is -0.448 e. The van der Waals surface area contributed by atoms with Gasteiger partial charge in [-0.25, -0.2) is 4.98 Å². The summed E-state index contributed by atoms with van der Waals surface area (Å²) in [6.07, 6.45) is 3.35. The van der Waals surface area contributed by atoms with Crippen LogP contribution >= 0.6 is 0 Å². The molecule has 0 fully saturated rings. The Labute approximate surface area is 88.9 Å². The van der Waals surface area contributed by atoms with Crippen LogP contribution in [0.2, 0.25) is 0 Å². The third-order valence-corrected chi connectivity index (χ3v) is 2.30. The van der Waals surface area contributed by atoms with Gasteiger partial charge in [-0.1, -0.05) is 19.1 Å². The van der Waals surface area contributed by atoms with Crippen LogP contribution in [0.15, 0.2) is 34.9 Å². The van der Waals surface area contributed by atoms with Gasteiger partial charge >= 0.3 is 0 Å². The zero-order valence-corrected chi connectivity index (χ0v) is 8.73. The summed E-state index contributed by atoms with van der Waals surface area (Å²) in [5, 5.41) is 0. The fourth-order valence-electron chi connectivity index (χ4n) is 1.40. The highest BCUT2D eigenvalue weighted by atomic mass is 16.3. The number of hydrogen-bond acceptors (Lipinski definition) is 3. The van der Waals surface area contributed by atoms with Crippen LogP contribution in [0.3, 0.4) is 0 Å². The van der Waals surface area contributed by atoms with Crippen LogP contribution in [0.25, 0.3) is 0 Å². The number of oxazole rings is 1. The maximum atomic E-state index is 5.61. The first kappa shape index (κ1) is 9.77. The molecule has 3 nitrogen and oxygen atoms in total. The van der Waals surface area contributed by atoms with E-state index in [1.54, 1.807) is 6.26 Å². The predicted molar refractivity (Wildman–Crippen MR) is 59.5 cm³/mol. The molecule has 0 atom stereocenters. The second kappa shape index (κ2) is 4.17. The summed E-state index contributed by atoms with van der Waals surface area (Å²) in [4.78, 5) is 4.35. The molecule has 0 saturated heterocycles. The molecule has 0 aliphatic carbocycles. The van der Waals surface area contributed by atoms with Crippen LogP contribution in [0, 0.1) is 0 Å². The van der Waals surface area contributed by atoms with E-state index in [-0.39, 0.29) is 0 Å². The molecule has 2 N–H and O–H groups in total. The van der Waals surface area contributed by atoms with E-state index in [2.05, 4.69) is 11.9 Å². The topological polar surface area (TPSA) is 52.0 Å². The normalized spacial score (nSPS) is 10.5. The van der Waals surface area contributed by atoms with Gasteiger partial charge in [-0.3, -0.25) is 0 Å². The van der Waals surface area contributed by atoms with Crippen molar-refractivity contribution >= 4 is 5.69 Å². The number of nitrogen functional groups attached to an aromatic ring is 1. The average Bonchev–Trinajstić information content (AvgIpc) is 2.69. The van der Waals surface area contributed by atoms with Gasteiger partial charge in [-0.2, -0.15) is 0 Å². The van der Waals surface area contributed by atoms with Crippen LogP contribution in [0.4, 0.5) is 5.69 Å². The highest BCUT2D eigenvalue weighted by molar-refractivity contribution is 5.39. The van der Waals surface area contributed by atoms with Gasteiger partial charge in [0.25, 0.3) is 0 Å². The molecule has 2 rings (SSSR count). The number of rotatable bonds is 3. The highest BCUT2D eigenvalue weighted by Gasteiger charge is 2.03. The number of aryl methyl sites for hydroxylation is 1. The lowest BCUT2D eigenvalue weighted by atomic mass is 10.1. The highest BCUT2D eigenvalue weighted by Crippen LogP contribution is 2.11. The maximum Gasteiger partial charge on any atom is 0.198 e. The lowest BCUT2D eigenvalue weighted by Gasteiger charge is -1.97. The van der Waals surface area contributed by atoms with Crippen molar-refractivity contribution in [3.63, 3.8) is 0 Å². The molecule has 0 aliphatic rings. The average molecular weight is 202 g/mol. The number of nitrogens with zero attached hydrogens (tertiary/aromatic N) is 1. The van der Waals surface area contributed by atoms with Crippen LogP contribution in [0.1, 0.15) is 24.1 Å². The van der Waals surface area contributed by atoms with Gasteiger partial charge in [-0.05, 0) is 24.1 Å². The third-order valence-electron chi connectivity index (χ3n) is 2.30. The van der Waals surface area contributed by atoms with Crippen molar-refractivity contribution in [2.75, 3.05) is 5.73 Å². The molecule has 0 aliphatic heterocycles. The molecule has 3 heteroatoms. The molecule has 1 heterocycles. The summed E-state index contributed by atoms with van der Waals surface area (Å²) in [6, 6.07) is 7.76. The standard InChI is InChI=1S/C12H14N2O/c1-2-11-8-15-12(14-11)7-9-3-5-10(13)6-4-9/h3-6,8H,2,7,13H2,1H3. The number of hydrogen-bond donors (Lipinski definition) is 1. The summed E-state index contributed by atoms with van der Waals surface area (Å²) in [5.74, 6) is 0.761. The Balaban J connectivity index is 2.11. The van der Waals surface area contributed by atoms with E-state index < -0.39 is 0 Å². The molecule has 1 aromatic heterocycles. The summed E-state index contributed by atoms with van der Waals surface area (Å²) in [5.41, 5.74) is 8.55. The van der Waals surface area contributed by atoms with Gasteiger partial charge in [0, 0.05) is 12.1 Å².